The molecule has 1 N–H and O–H groups in total. The van der Waals surface area contributed by atoms with Crippen LogP contribution in [0.5, 0.6) is 0 Å². The summed E-state index contributed by atoms with van der Waals surface area (Å²) in [5.41, 5.74) is 4.68. The van der Waals surface area contributed by atoms with Crippen molar-refractivity contribution in [2.24, 2.45) is 0 Å². The highest BCUT2D eigenvalue weighted by Gasteiger charge is 2.20. The van der Waals surface area contributed by atoms with Gasteiger partial charge in [0.2, 0.25) is 0 Å². The number of aliphatic carboxylic acids is 1. The number of carboxylic acid groups (broad SMARTS) is 1. The van der Waals surface area contributed by atoms with Gasteiger partial charge in [-0.25, -0.2) is 9.18 Å². The maximum Gasteiger partial charge on any atom is 0.328 e. The minimum atomic E-state index is -1.03. The van der Waals surface area contributed by atoms with E-state index in [1.165, 1.54) is 23.4 Å². The monoisotopic (exact) mass is 385 g/mol. The van der Waals surface area contributed by atoms with E-state index >= 15 is 4.39 Å². The average molecular weight is 386 g/mol. The highest BCUT2D eigenvalue weighted by Crippen LogP contribution is 2.34. The molecule has 0 unspecified atom stereocenters. The molecular formula is C24H32FNO2. The Kier molecular flexibility index (Phi) is 8.04. The molecule has 4 heteroatoms. The van der Waals surface area contributed by atoms with Gasteiger partial charge in [0.05, 0.1) is 0 Å². The number of rotatable bonds is 8. The topological polar surface area (TPSA) is 40.5 Å². The van der Waals surface area contributed by atoms with Gasteiger partial charge in [-0.05, 0) is 86.9 Å². The maximum absolute atomic E-state index is 15.0. The van der Waals surface area contributed by atoms with Crippen LogP contribution in [-0.2, 0) is 11.2 Å². The Morgan fingerprint density at radius 3 is 2.71 bits per heavy atom. The zero-order valence-corrected chi connectivity index (χ0v) is 17.5. The molecule has 0 spiro atoms. The van der Waals surface area contributed by atoms with Crippen molar-refractivity contribution >= 4 is 17.2 Å². The third kappa shape index (κ3) is 5.82. The number of nitrogens with zero attached hydrogens (tertiary/aromatic N) is 1. The van der Waals surface area contributed by atoms with Crippen LogP contribution in [0, 0.1) is 0 Å². The molecule has 0 atom stereocenters. The molecule has 152 valence electrons. The maximum atomic E-state index is 15.0. The molecule has 0 radical (unpaired) electrons. The van der Waals surface area contributed by atoms with Gasteiger partial charge in [-0.1, -0.05) is 25.5 Å². The standard InChI is InChI=1S/C24H32FNO2/c1-5-6-9-21(22(25)12-10-18(4)15-24(27)28)19-11-13-23-20(16-19)8-7-14-26(23)17(2)3/h10-13,15-17H,5-9,14H2,1-4H3,(H,27,28)/b12-10+,18-15+,22-21-. The Balaban J connectivity index is 2.40. The number of fused-ring (bicyclic) bond motifs is 1. The van der Waals surface area contributed by atoms with Crippen LogP contribution in [0.4, 0.5) is 10.1 Å². The van der Waals surface area contributed by atoms with Crippen molar-refractivity contribution in [3.05, 3.63) is 59.0 Å². The van der Waals surface area contributed by atoms with Crippen molar-refractivity contribution in [3.63, 3.8) is 0 Å². The molecule has 0 amide bonds. The number of carboxylic acids is 1. The van der Waals surface area contributed by atoms with Crippen LogP contribution in [0.2, 0.25) is 0 Å². The number of unbranched alkanes of at least 4 members (excludes halogenated alkanes) is 1. The van der Waals surface area contributed by atoms with E-state index in [4.69, 9.17) is 5.11 Å². The fourth-order valence-corrected chi connectivity index (χ4v) is 3.65. The molecule has 0 aliphatic carbocycles. The Bertz CT molecular complexity index is 790. The summed E-state index contributed by atoms with van der Waals surface area (Å²) in [6.07, 6.45) is 8.69. The minimum absolute atomic E-state index is 0.289. The van der Waals surface area contributed by atoms with Crippen molar-refractivity contribution in [1.82, 2.24) is 0 Å². The first-order chi connectivity index (χ1) is 13.3. The second-order valence-electron chi connectivity index (χ2n) is 7.72. The van der Waals surface area contributed by atoms with Gasteiger partial charge in [-0.2, -0.15) is 0 Å². The number of carbonyl (C=O) groups is 1. The largest absolute Gasteiger partial charge is 0.478 e. The van der Waals surface area contributed by atoms with Crippen LogP contribution in [0.1, 0.15) is 64.5 Å². The van der Waals surface area contributed by atoms with Gasteiger partial charge in [0, 0.05) is 24.4 Å². The average Bonchev–Trinajstić information content (AvgIpc) is 2.65. The lowest BCUT2D eigenvalue weighted by Gasteiger charge is -2.35. The molecule has 0 fully saturated rings. The lowest BCUT2D eigenvalue weighted by atomic mass is 9.93. The Hall–Kier alpha value is -2.36. The van der Waals surface area contributed by atoms with E-state index in [1.807, 2.05) is 6.07 Å². The van der Waals surface area contributed by atoms with E-state index in [0.717, 1.165) is 43.9 Å². The molecule has 1 aliphatic rings. The van der Waals surface area contributed by atoms with Gasteiger partial charge in [0.25, 0.3) is 0 Å². The van der Waals surface area contributed by atoms with Gasteiger partial charge in [0.15, 0.2) is 0 Å². The van der Waals surface area contributed by atoms with E-state index in [-0.39, 0.29) is 5.83 Å². The van der Waals surface area contributed by atoms with E-state index in [2.05, 4.69) is 37.8 Å². The summed E-state index contributed by atoms with van der Waals surface area (Å²) < 4.78 is 15.0. The number of hydrogen-bond donors (Lipinski definition) is 1. The highest BCUT2D eigenvalue weighted by atomic mass is 19.1. The third-order valence-corrected chi connectivity index (χ3v) is 5.12. The molecule has 1 aromatic carbocycles. The molecular weight excluding hydrogens is 353 g/mol. The van der Waals surface area contributed by atoms with Crippen molar-refractivity contribution in [2.45, 2.75) is 65.8 Å². The molecule has 1 aromatic rings. The summed E-state index contributed by atoms with van der Waals surface area (Å²) in [4.78, 5) is 13.2. The van der Waals surface area contributed by atoms with Gasteiger partial charge >= 0.3 is 5.97 Å². The predicted molar refractivity (Wildman–Crippen MR) is 115 cm³/mol. The van der Waals surface area contributed by atoms with E-state index < -0.39 is 5.97 Å². The second kappa shape index (κ2) is 10.3. The van der Waals surface area contributed by atoms with E-state index in [1.54, 1.807) is 6.92 Å². The van der Waals surface area contributed by atoms with Crippen molar-refractivity contribution < 1.29 is 14.3 Å². The predicted octanol–water partition coefficient (Wildman–Crippen LogP) is 6.31. The first kappa shape index (κ1) is 21.9. The van der Waals surface area contributed by atoms with Crippen molar-refractivity contribution in [3.8, 4) is 0 Å². The molecule has 28 heavy (non-hydrogen) atoms. The van der Waals surface area contributed by atoms with Crippen LogP contribution in [0.25, 0.3) is 5.57 Å². The van der Waals surface area contributed by atoms with Crippen molar-refractivity contribution in [1.29, 1.82) is 0 Å². The number of aryl methyl sites for hydroxylation is 1. The first-order valence-electron chi connectivity index (χ1n) is 10.2. The van der Waals surface area contributed by atoms with E-state index in [9.17, 15) is 4.79 Å². The zero-order valence-electron chi connectivity index (χ0n) is 17.5. The third-order valence-electron chi connectivity index (χ3n) is 5.12. The first-order valence-corrected chi connectivity index (χ1v) is 10.2. The number of anilines is 1. The smallest absolute Gasteiger partial charge is 0.328 e. The summed E-state index contributed by atoms with van der Waals surface area (Å²) in [5.74, 6) is -1.31. The fraction of sp³-hybridized carbons (Fsp3) is 0.458. The lowest BCUT2D eigenvalue weighted by Crippen LogP contribution is -2.35. The summed E-state index contributed by atoms with van der Waals surface area (Å²) in [6.45, 7) is 9.22. The van der Waals surface area contributed by atoms with Gasteiger partial charge in [-0.3, -0.25) is 0 Å². The summed E-state index contributed by atoms with van der Waals surface area (Å²) in [7, 11) is 0. The Morgan fingerprint density at radius 2 is 2.07 bits per heavy atom. The van der Waals surface area contributed by atoms with Gasteiger partial charge in [0.1, 0.15) is 5.83 Å². The van der Waals surface area contributed by atoms with Crippen LogP contribution in [0.15, 0.2) is 47.8 Å². The fourth-order valence-electron chi connectivity index (χ4n) is 3.65. The van der Waals surface area contributed by atoms with Crippen LogP contribution in [-0.4, -0.2) is 23.7 Å². The molecule has 0 aromatic heterocycles. The minimum Gasteiger partial charge on any atom is -0.478 e. The van der Waals surface area contributed by atoms with Gasteiger partial charge < -0.3 is 10.0 Å². The number of allylic oxidation sites excluding steroid dienone is 5. The number of benzene rings is 1. The Morgan fingerprint density at radius 1 is 1.32 bits per heavy atom. The quantitative estimate of drug-likeness (QED) is 0.421. The van der Waals surface area contributed by atoms with Crippen LogP contribution in [0.3, 0.4) is 0 Å². The molecule has 3 nitrogen and oxygen atoms in total. The number of hydrogen-bond acceptors (Lipinski definition) is 2. The number of halogens is 1. The van der Waals surface area contributed by atoms with Gasteiger partial charge in [-0.15, -0.1) is 0 Å². The molecule has 2 rings (SSSR count). The zero-order chi connectivity index (χ0) is 20.7. The Labute approximate surface area is 168 Å². The highest BCUT2D eigenvalue weighted by molar-refractivity contribution is 5.81. The van der Waals surface area contributed by atoms with Crippen molar-refractivity contribution in [2.75, 3.05) is 11.4 Å². The lowest BCUT2D eigenvalue weighted by molar-refractivity contribution is -0.131. The van der Waals surface area contributed by atoms with Crippen LogP contribution < -0.4 is 4.90 Å². The molecule has 0 saturated carbocycles. The second-order valence-corrected chi connectivity index (χ2v) is 7.72. The summed E-state index contributed by atoms with van der Waals surface area (Å²) in [6, 6.07) is 6.74. The summed E-state index contributed by atoms with van der Waals surface area (Å²) >= 11 is 0. The molecule has 1 heterocycles. The SMILES string of the molecule is CCCC\C(=C(F)/C=C/C(C)=C/C(=O)O)c1ccc2c(c1)CCCN2C(C)C. The molecule has 1 aliphatic heterocycles. The molecule has 0 saturated heterocycles. The van der Waals surface area contributed by atoms with E-state index in [0.29, 0.717) is 23.6 Å². The van der Waals surface area contributed by atoms with Crippen LogP contribution >= 0.6 is 0 Å². The molecule has 0 bridgehead atoms. The normalized spacial score (nSPS) is 15.8. The summed E-state index contributed by atoms with van der Waals surface area (Å²) in [5, 5.41) is 8.81.